The molecule has 0 aliphatic carbocycles. The van der Waals surface area contributed by atoms with Crippen molar-refractivity contribution in [3.8, 4) is 11.5 Å². The molecule has 2 aliphatic rings. The van der Waals surface area contributed by atoms with Crippen molar-refractivity contribution >= 4 is 17.5 Å². The summed E-state index contributed by atoms with van der Waals surface area (Å²) in [5.74, 6) is 1.02. The Hall–Kier alpha value is -2.28. The first-order valence-electron chi connectivity index (χ1n) is 8.39. The molecular weight excluding hydrogens is 310 g/mol. The molecule has 1 aromatic rings. The minimum Gasteiger partial charge on any atom is -0.486 e. The number of nitrogens with one attached hydrogen (secondary N) is 2. The van der Waals surface area contributed by atoms with E-state index in [-0.39, 0.29) is 23.8 Å². The molecule has 0 bridgehead atoms. The van der Waals surface area contributed by atoms with Crippen LogP contribution in [0.2, 0.25) is 0 Å². The van der Waals surface area contributed by atoms with E-state index in [1.165, 1.54) is 4.90 Å². The van der Waals surface area contributed by atoms with Gasteiger partial charge in [0.1, 0.15) is 13.2 Å². The first-order chi connectivity index (χ1) is 11.5. The maximum Gasteiger partial charge on any atom is 0.282 e. The van der Waals surface area contributed by atoms with Crippen molar-refractivity contribution in [2.24, 2.45) is 11.7 Å². The van der Waals surface area contributed by atoms with E-state index >= 15 is 0 Å². The standard InChI is InChI=1S/C17H23N3O4/c1-11(20-6-4-12(5-7-20)16(18)21)17(22)19-13-2-3-14-15(10-13)24-9-8-23-14/h2-3,10-12H,4-9H2,1H3,(H2,18,21)(H,19,22)/p+1/t11-/m0/s1. The fourth-order valence-corrected chi connectivity index (χ4v) is 3.26. The Balaban J connectivity index is 1.57. The lowest BCUT2D eigenvalue weighted by molar-refractivity contribution is -0.919. The van der Waals surface area contributed by atoms with Crippen molar-refractivity contribution < 1.29 is 24.0 Å². The van der Waals surface area contributed by atoms with Crippen LogP contribution in [0.15, 0.2) is 18.2 Å². The monoisotopic (exact) mass is 334 g/mol. The number of rotatable bonds is 4. The Morgan fingerprint density at radius 2 is 1.88 bits per heavy atom. The number of likely N-dealkylation sites (tertiary alicyclic amines) is 1. The van der Waals surface area contributed by atoms with Gasteiger partial charge in [-0.2, -0.15) is 0 Å². The number of nitrogens with two attached hydrogens (primary N) is 1. The second-order valence-corrected chi connectivity index (χ2v) is 6.40. The molecule has 0 saturated carbocycles. The average Bonchev–Trinajstić information content (AvgIpc) is 2.61. The van der Waals surface area contributed by atoms with Gasteiger partial charge in [-0.1, -0.05) is 0 Å². The zero-order chi connectivity index (χ0) is 17.1. The van der Waals surface area contributed by atoms with E-state index < -0.39 is 0 Å². The fourth-order valence-electron chi connectivity index (χ4n) is 3.26. The second kappa shape index (κ2) is 7.09. The first-order valence-corrected chi connectivity index (χ1v) is 8.39. The lowest BCUT2D eigenvalue weighted by Crippen LogP contribution is -3.17. The SMILES string of the molecule is C[C@@H](C(=O)Nc1ccc2c(c1)OCCO2)[NH+]1CCC(C(N)=O)CC1. The van der Waals surface area contributed by atoms with Crippen LogP contribution >= 0.6 is 0 Å². The van der Waals surface area contributed by atoms with Crippen LogP contribution in [0, 0.1) is 5.92 Å². The third-order valence-corrected chi connectivity index (χ3v) is 4.85. The predicted molar refractivity (Wildman–Crippen MR) is 88.1 cm³/mol. The van der Waals surface area contributed by atoms with Gasteiger partial charge in [0.25, 0.3) is 5.91 Å². The highest BCUT2D eigenvalue weighted by Gasteiger charge is 2.32. The number of amides is 2. The van der Waals surface area contributed by atoms with Crippen LogP contribution in [-0.2, 0) is 9.59 Å². The van der Waals surface area contributed by atoms with Crippen LogP contribution < -0.4 is 25.4 Å². The van der Waals surface area contributed by atoms with E-state index in [0.29, 0.717) is 30.4 Å². The van der Waals surface area contributed by atoms with E-state index in [9.17, 15) is 9.59 Å². The number of fused-ring (bicyclic) bond motifs is 1. The number of hydrogen-bond donors (Lipinski definition) is 3. The van der Waals surface area contributed by atoms with E-state index in [4.69, 9.17) is 15.2 Å². The second-order valence-electron chi connectivity index (χ2n) is 6.40. The van der Waals surface area contributed by atoms with E-state index in [1.807, 2.05) is 13.0 Å². The van der Waals surface area contributed by atoms with Gasteiger partial charge in [0.2, 0.25) is 5.91 Å². The summed E-state index contributed by atoms with van der Waals surface area (Å²) >= 11 is 0. The molecule has 1 aromatic carbocycles. The molecule has 24 heavy (non-hydrogen) atoms. The summed E-state index contributed by atoms with van der Waals surface area (Å²) in [6.07, 6.45) is 1.48. The third-order valence-electron chi connectivity index (χ3n) is 4.85. The van der Waals surface area contributed by atoms with Gasteiger partial charge in [-0.05, 0) is 19.1 Å². The molecule has 1 fully saturated rings. The lowest BCUT2D eigenvalue weighted by atomic mass is 9.95. The number of ether oxygens (including phenoxy) is 2. The number of piperidine rings is 1. The maximum absolute atomic E-state index is 12.5. The molecular formula is C17H24N3O4+. The minimum atomic E-state index is -0.234. The molecule has 2 amide bonds. The van der Waals surface area contributed by atoms with Crippen molar-refractivity contribution in [2.45, 2.75) is 25.8 Å². The van der Waals surface area contributed by atoms with Crippen molar-refractivity contribution in [3.05, 3.63) is 18.2 Å². The Labute approximate surface area is 141 Å². The summed E-state index contributed by atoms with van der Waals surface area (Å²) < 4.78 is 11.0. The van der Waals surface area contributed by atoms with E-state index in [2.05, 4.69) is 5.32 Å². The molecule has 3 rings (SSSR count). The number of benzene rings is 1. The number of carbonyl (C=O) groups excluding carboxylic acids is 2. The zero-order valence-electron chi connectivity index (χ0n) is 13.8. The van der Waals surface area contributed by atoms with E-state index in [1.54, 1.807) is 12.1 Å². The van der Waals surface area contributed by atoms with Crippen LogP contribution in [0.25, 0.3) is 0 Å². The normalized spacial score (nSPS) is 24.0. The van der Waals surface area contributed by atoms with E-state index in [0.717, 1.165) is 25.9 Å². The summed E-state index contributed by atoms with van der Waals surface area (Å²) in [4.78, 5) is 24.9. The highest BCUT2D eigenvalue weighted by molar-refractivity contribution is 5.94. The molecule has 7 heteroatoms. The first kappa shape index (κ1) is 16.6. The zero-order valence-corrected chi connectivity index (χ0v) is 13.8. The largest absolute Gasteiger partial charge is 0.486 e. The molecule has 2 heterocycles. The fraction of sp³-hybridized carbons (Fsp3) is 0.529. The molecule has 7 nitrogen and oxygen atoms in total. The van der Waals surface area contributed by atoms with Gasteiger partial charge in [-0.3, -0.25) is 9.59 Å². The predicted octanol–water partition coefficient (Wildman–Crippen LogP) is -0.435. The summed E-state index contributed by atoms with van der Waals surface area (Å²) in [5.41, 5.74) is 6.05. The van der Waals surface area contributed by atoms with Crippen molar-refractivity contribution in [1.82, 2.24) is 0 Å². The maximum atomic E-state index is 12.5. The molecule has 4 N–H and O–H groups in total. The molecule has 0 aromatic heterocycles. The van der Waals surface area contributed by atoms with Gasteiger partial charge < -0.3 is 25.4 Å². The number of primary amides is 1. The van der Waals surface area contributed by atoms with Gasteiger partial charge in [-0.15, -0.1) is 0 Å². The molecule has 1 saturated heterocycles. The summed E-state index contributed by atoms with van der Waals surface area (Å²) in [5, 5.41) is 2.94. The van der Waals surface area contributed by atoms with Crippen molar-refractivity contribution in [1.29, 1.82) is 0 Å². The number of hydrogen-bond acceptors (Lipinski definition) is 4. The number of anilines is 1. The molecule has 0 radical (unpaired) electrons. The topological polar surface area (TPSA) is 95.1 Å². The average molecular weight is 334 g/mol. The summed E-state index contributed by atoms with van der Waals surface area (Å²) in [7, 11) is 0. The van der Waals surface area contributed by atoms with Crippen LogP contribution in [0.4, 0.5) is 5.69 Å². The van der Waals surface area contributed by atoms with Gasteiger partial charge in [0.05, 0.1) is 13.1 Å². The quantitative estimate of drug-likeness (QED) is 0.696. The Kier molecular flexibility index (Phi) is 4.89. The number of quaternary nitrogens is 1. The smallest absolute Gasteiger partial charge is 0.282 e. The lowest BCUT2D eigenvalue weighted by Gasteiger charge is -2.31. The number of carbonyl (C=O) groups is 2. The van der Waals surface area contributed by atoms with Gasteiger partial charge in [-0.25, -0.2) is 0 Å². The van der Waals surface area contributed by atoms with Crippen molar-refractivity contribution in [3.63, 3.8) is 0 Å². The van der Waals surface area contributed by atoms with Gasteiger partial charge in [0.15, 0.2) is 17.5 Å². The minimum absolute atomic E-state index is 0.0424. The van der Waals surface area contributed by atoms with Crippen LogP contribution in [0.1, 0.15) is 19.8 Å². The van der Waals surface area contributed by atoms with Crippen LogP contribution in [-0.4, -0.2) is 44.2 Å². The van der Waals surface area contributed by atoms with Crippen LogP contribution in [0.3, 0.4) is 0 Å². The summed E-state index contributed by atoms with van der Waals surface area (Å²) in [6, 6.07) is 5.22. The molecule has 0 unspecified atom stereocenters. The van der Waals surface area contributed by atoms with Crippen molar-refractivity contribution in [2.75, 3.05) is 31.6 Å². The van der Waals surface area contributed by atoms with Crippen LogP contribution in [0.5, 0.6) is 11.5 Å². The highest BCUT2D eigenvalue weighted by Crippen LogP contribution is 2.32. The Morgan fingerprint density at radius 1 is 1.21 bits per heavy atom. The summed E-state index contributed by atoms with van der Waals surface area (Å²) in [6.45, 7) is 4.53. The third kappa shape index (κ3) is 3.62. The Bertz CT molecular complexity index is 626. The highest BCUT2D eigenvalue weighted by atomic mass is 16.6. The molecule has 130 valence electrons. The van der Waals surface area contributed by atoms with Gasteiger partial charge >= 0.3 is 0 Å². The molecule has 2 aliphatic heterocycles. The molecule has 0 spiro atoms. The molecule has 1 atom stereocenters. The van der Waals surface area contributed by atoms with Gasteiger partial charge in [0, 0.05) is 30.5 Å². The Morgan fingerprint density at radius 3 is 2.54 bits per heavy atom.